The van der Waals surface area contributed by atoms with Gasteiger partial charge in [-0.15, -0.1) is 0 Å². The maximum atomic E-state index is 13.2. The van der Waals surface area contributed by atoms with Crippen LogP contribution < -0.4 is 4.72 Å². The van der Waals surface area contributed by atoms with Crippen molar-refractivity contribution in [3.63, 3.8) is 0 Å². The van der Waals surface area contributed by atoms with Gasteiger partial charge in [0.25, 0.3) is 0 Å². The summed E-state index contributed by atoms with van der Waals surface area (Å²) in [5, 5.41) is 8.73. The molecule has 1 saturated carbocycles. The van der Waals surface area contributed by atoms with Crippen LogP contribution >= 0.6 is 15.9 Å². The molecular formula is C13H15BrFNO4S. The first-order valence-corrected chi connectivity index (χ1v) is 8.64. The van der Waals surface area contributed by atoms with Gasteiger partial charge < -0.3 is 5.11 Å². The molecule has 0 unspecified atom stereocenters. The molecule has 2 rings (SSSR count). The number of rotatable bonds is 5. The number of carbonyl (C=O) groups is 1. The van der Waals surface area contributed by atoms with Crippen LogP contribution in [0.15, 0.2) is 22.7 Å². The fourth-order valence-corrected chi connectivity index (χ4v) is 4.47. The molecule has 0 radical (unpaired) electrons. The fourth-order valence-electron chi connectivity index (χ4n) is 2.63. The molecule has 5 nitrogen and oxygen atoms in total. The highest BCUT2D eigenvalue weighted by molar-refractivity contribution is 9.10. The number of hydrogen-bond acceptors (Lipinski definition) is 3. The van der Waals surface area contributed by atoms with Gasteiger partial charge >= 0.3 is 5.97 Å². The fraction of sp³-hybridized carbons (Fsp3) is 0.462. The molecule has 0 saturated heterocycles. The molecule has 0 atom stereocenters. The molecule has 8 heteroatoms. The van der Waals surface area contributed by atoms with Gasteiger partial charge in [0, 0.05) is 0 Å². The molecule has 1 aromatic rings. The summed E-state index contributed by atoms with van der Waals surface area (Å²) in [5.41, 5.74) is -0.447. The van der Waals surface area contributed by atoms with E-state index in [1.807, 2.05) is 0 Å². The van der Waals surface area contributed by atoms with Crippen LogP contribution in [0.2, 0.25) is 0 Å². The minimum Gasteiger partial charge on any atom is -0.481 e. The normalized spacial score (nSPS) is 25.4. The van der Waals surface area contributed by atoms with E-state index in [9.17, 15) is 22.7 Å². The molecule has 1 fully saturated rings. The van der Waals surface area contributed by atoms with Gasteiger partial charge in [0.1, 0.15) is 5.82 Å². The van der Waals surface area contributed by atoms with E-state index >= 15 is 0 Å². The number of benzene rings is 1. The van der Waals surface area contributed by atoms with E-state index in [1.54, 1.807) is 0 Å². The zero-order chi connectivity index (χ0) is 15.8. The van der Waals surface area contributed by atoms with E-state index in [0.29, 0.717) is 5.56 Å². The van der Waals surface area contributed by atoms with Crippen molar-refractivity contribution in [1.29, 1.82) is 0 Å². The number of nitrogens with one attached hydrogen (secondary N) is 1. The Balaban J connectivity index is 2.19. The van der Waals surface area contributed by atoms with Crippen molar-refractivity contribution in [2.24, 2.45) is 5.41 Å². The number of carboxylic acid groups (broad SMARTS) is 1. The third kappa shape index (κ3) is 3.12. The molecule has 2 N–H and O–H groups in total. The van der Waals surface area contributed by atoms with Gasteiger partial charge in [-0.25, -0.2) is 17.5 Å². The number of sulfonamides is 1. The van der Waals surface area contributed by atoms with E-state index in [2.05, 4.69) is 20.7 Å². The van der Waals surface area contributed by atoms with E-state index in [1.165, 1.54) is 25.2 Å². The lowest BCUT2D eigenvalue weighted by Crippen LogP contribution is -2.53. The van der Waals surface area contributed by atoms with Crippen molar-refractivity contribution in [1.82, 2.24) is 4.72 Å². The maximum Gasteiger partial charge on any atom is 0.310 e. The average Bonchev–Trinajstić information content (AvgIpc) is 2.36. The maximum absolute atomic E-state index is 13.2. The van der Waals surface area contributed by atoms with E-state index < -0.39 is 32.5 Å². The third-order valence-electron chi connectivity index (χ3n) is 3.94. The lowest BCUT2D eigenvalue weighted by Gasteiger charge is -2.43. The Morgan fingerprint density at radius 2 is 2.14 bits per heavy atom. The first-order valence-electron chi connectivity index (χ1n) is 6.30. The minimum atomic E-state index is -3.46. The lowest BCUT2D eigenvalue weighted by molar-refractivity contribution is -0.154. The van der Waals surface area contributed by atoms with Crippen LogP contribution in [0, 0.1) is 11.2 Å². The Hall–Kier alpha value is -0.990. The van der Waals surface area contributed by atoms with Crippen LogP contribution in [-0.2, 0) is 21.2 Å². The first kappa shape index (κ1) is 16.4. The molecule has 1 aliphatic rings. The van der Waals surface area contributed by atoms with Crippen LogP contribution in [0.4, 0.5) is 4.39 Å². The molecule has 1 aliphatic carbocycles. The summed E-state index contributed by atoms with van der Waals surface area (Å²) >= 11 is 3.06. The van der Waals surface area contributed by atoms with Crippen molar-refractivity contribution < 1.29 is 22.7 Å². The molecule has 1 aromatic carbocycles. The summed E-state index contributed by atoms with van der Waals surface area (Å²) in [7, 11) is -2.14. The Morgan fingerprint density at radius 1 is 1.52 bits per heavy atom. The molecule has 0 aliphatic heterocycles. The van der Waals surface area contributed by atoms with Crippen LogP contribution in [0.1, 0.15) is 18.4 Å². The van der Waals surface area contributed by atoms with Gasteiger partial charge in [-0.2, -0.15) is 0 Å². The van der Waals surface area contributed by atoms with Gasteiger partial charge in [-0.1, -0.05) is 6.07 Å². The van der Waals surface area contributed by atoms with Crippen LogP contribution in [0.25, 0.3) is 0 Å². The van der Waals surface area contributed by atoms with Gasteiger partial charge in [-0.05, 0) is 59.9 Å². The summed E-state index contributed by atoms with van der Waals surface area (Å²) in [4.78, 5) is 11.5. The summed E-state index contributed by atoms with van der Waals surface area (Å²) in [6.07, 6.45) is 0.290. The molecule has 0 amide bonds. The second-order valence-electron chi connectivity index (χ2n) is 5.29. The Bertz CT molecular complexity index is 671. The van der Waals surface area contributed by atoms with Crippen molar-refractivity contribution in [3.8, 4) is 0 Å². The third-order valence-corrected chi connectivity index (χ3v) is 6.33. The predicted octanol–water partition coefficient (Wildman–Crippen LogP) is 1.91. The van der Waals surface area contributed by atoms with Gasteiger partial charge in [0.2, 0.25) is 10.0 Å². The van der Waals surface area contributed by atoms with Crippen LogP contribution in [-0.4, -0.2) is 31.8 Å². The zero-order valence-corrected chi connectivity index (χ0v) is 13.7. The standard InChI is InChI=1S/C13H15BrFNO4S/c1-16-21(19,20)9-6-13(7-9,12(17)18)5-8-2-3-11(15)10(14)4-8/h2-4,9,16H,5-7H2,1H3,(H,17,18). The molecule has 0 bridgehead atoms. The SMILES string of the molecule is CNS(=O)(=O)C1CC(Cc2ccc(F)c(Br)c2)(C(=O)O)C1. The van der Waals surface area contributed by atoms with Crippen molar-refractivity contribution in [2.75, 3.05) is 7.05 Å². The zero-order valence-electron chi connectivity index (χ0n) is 11.3. The average molecular weight is 380 g/mol. The highest BCUT2D eigenvalue weighted by atomic mass is 79.9. The van der Waals surface area contributed by atoms with Gasteiger partial charge in [0.15, 0.2) is 0 Å². The summed E-state index contributed by atoms with van der Waals surface area (Å²) in [6.45, 7) is 0. The Labute approximate surface area is 130 Å². The summed E-state index contributed by atoms with van der Waals surface area (Å²) in [5.74, 6) is -1.45. The van der Waals surface area contributed by atoms with E-state index in [0.717, 1.165) is 0 Å². The topological polar surface area (TPSA) is 83.5 Å². The molecule has 0 spiro atoms. The Morgan fingerprint density at radius 3 is 2.62 bits per heavy atom. The molecule has 0 heterocycles. The predicted molar refractivity (Wildman–Crippen MR) is 78.9 cm³/mol. The largest absolute Gasteiger partial charge is 0.481 e. The quantitative estimate of drug-likeness (QED) is 0.818. The van der Waals surface area contributed by atoms with Gasteiger partial charge in [0.05, 0.1) is 15.1 Å². The smallest absolute Gasteiger partial charge is 0.310 e. The Kier molecular flexibility index (Phi) is 4.41. The van der Waals surface area contributed by atoms with Crippen molar-refractivity contribution in [3.05, 3.63) is 34.1 Å². The van der Waals surface area contributed by atoms with E-state index in [4.69, 9.17) is 0 Å². The lowest BCUT2D eigenvalue weighted by atomic mass is 9.65. The number of carboxylic acids is 1. The molecule has 21 heavy (non-hydrogen) atoms. The number of halogens is 2. The van der Waals surface area contributed by atoms with Crippen molar-refractivity contribution >= 4 is 31.9 Å². The van der Waals surface area contributed by atoms with Gasteiger partial charge in [-0.3, -0.25) is 4.79 Å². The van der Waals surface area contributed by atoms with Crippen molar-refractivity contribution in [2.45, 2.75) is 24.5 Å². The molecule has 0 aromatic heterocycles. The minimum absolute atomic E-state index is 0.0561. The highest BCUT2D eigenvalue weighted by Gasteiger charge is 2.54. The second kappa shape index (κ2) is 5.66. The van der Waals surface area contributed by atoms with Crippen LogP contribution in [0.5, 0.6) is 0 Å². The number of hydrogen-bond donors (Lipinski definition) is 2. The second-order valence-corrected chi connectivity index (χ2v) is 8.31. The van der Waals surface area contributed by atoms with E-state index in [-0.39, 0.29) is 23.7 Å². The molecular weight excluding hydrogens is 365 g/mol. The van der Waals surface area contributed by atoms with Crippen LogP contribution in [0.3, 0.4) is 0 Å². The molecule has 116 valence electrons. The monoisotopic (exact) mass is 379 g/mol. The highest BCUT2D eigenvalue weighted by Crippen LogP contribution is 2.47. The number of aliphatic carboxylic acids is 1. The summed E-state index contributed by atoms with van der Waals surface area (Å²) < 4.78 is 39.0. The first-order chi connectivity index (χ1) is 9.70. The summed E-state index contributed by atoms with van der Waals surface area (Å²) in [6, 6.07) is 4.31.